The molecule has 0 bridgehead atoms. The molecule has 7 heteroatoms. The van der Waals surface area contributed by atoms with Crippen LogP contribution in [0.1, 0.15) is 55.5 Å². The predicted molar refractivity (Wildman–Crippen MR) is 116 cm³/mol. The number of nitrogens with one attached hydrogen (secondary N) is 1. The minimum atomic E-state index is 0.0506. The summed E-state index contributed by atoms with van der Waals surface area (Å²) < 4.78 is 3.25. The largest absolute Gasteiger partial charge is 0.310 e. The van der Waals surface area contributed by atoms with Gasteiger partial charge in [0.2, 0.25) is 5.91 Å². The smallest absolute Gasteiger partial charge is 0.239 e. The molecule has 152 valence electrons. The molecule has 1 aromatic carbocycles. The highest BCUT2D eigenvalue weighted by molar-refractivity contribution is 7.18. The average Bonchev–Trinajstić information content (AvgIpc) is 3.48. The van der Waals surface area contributed by atoms with Gasteiger partial charge in [-0.25, -0.2) is 9.67 Å². The molecule has 1 amide bonds. The number of likely N-dealkylation sites (tertiary alicyclic amines) is 1. The van der Waals surface area contributed by atoms with E-state index in [-0.39, 0.29) is 5.91 Å². The maximum atomic E-state index is 12.7. The summed E-state index contributed by atoms with van der Waals surface area (Å²) >= 11 is 1.79. The lowest BCUT2D eigenvalue weighted by atomic mass is 9.99. The first-order chi connectivity index (χ1) is 14.3. The average molecular weight is 410 g/mol. The number of thiazole rings is 1. The first kappa shape index (κ1) is 18.8. The number of amides is 1. The lowest BCUT2D eigenvalue weighted by molar-refractivity contribution is -0.117. The van der Waals surface area contributed by atoms with Crippen molar-refractivity contribution >= 4 is 33.3 Å². The SMILES string of the molecule is O=C(CN1CCC[C@@H](c2nc3ccccc3s2)C1)Nc1ccnn1C1CCCC1. The molecule has 1 N–H and O–H groups in total. The van der Waals surface area contributed by atoms with Crippen LogP contribution in [0.4, 0.5) is 5.82 Å². The van der Waals surface area contributed by atoms with Crippen LogP contribution in [0.5, 0.6) is 0 Å². The molecule has 1 atom stereocenters. The van der Waals surface area contributed by atoms with E-state index >= 15 is 0 Å². The summed E-state index contributed by atoms with van der Waals surface area (Å²) in [6, 6.07) is 10.7. The Labute approximate surface area is 174 Å². The van der Waals surface area contributed by atoms with Gasteiger partial charge in [0.05, 0.1) is 34.0 Å². The molecule has 0 radical (unpaired) electrons. The predicted octanol–water partition coefficient (Wildman–Crippen LogP) is 4.43. The number of nitrogens with zero attached hydrogens (tertiary/aromatic N) is 4. The highest BCUT2D eigenvalue weighted by Crippen LogP contribution is 2.33. The fourth-order valence-corrected chi connectivity index (χ4v) is 5.80. The molecule has 2 fully saturated rings. The van der Waals surface area contributed by atoms with Gasteiger partial charge in [-0.15, -0.1) is 11.3 Å². The minimum Gasteiger partial charge on any atom is -0.310 e. The van der Waals surface area contributed by atoms with Crippen LogP contribution in [-0.4, -0.2) is 45.2 Å². The molecule has 1 aliphatic carbocycles. The third kappa shape index (κ3) is 4.07. The van der Waals surface area contributed by atoms with E-state index in [4.69, 9.17) is 4.98 Å². The fourth-order valence-electron chi connectivity index (χ4n) is 4.70. The lowest BCUT2D eigenvalue weighted by Gasteiger charge is -2.31. The Morgan fingerprint density at radius 1 is 1.14 bits per heavy atom. The third-order valence-corrected chi connectivity index (χ3v) is 7.34. The summed E-state index contributed by atoms with van der Waals surface area (Å²) in [7, 11) is 0. The van der Waals surface area contributed by atoms with Crippen molar-refractivity contribution in [2.45, 2.75) is 50.5 Å². The van der Waals surface area contributed by atoms with E-state index in [1.807, 2.05) is 16.8 Å². The number of carbonyl (C=O) groups excluding carboxylic acids is 1. The number of carbonyl (C=O) groups is 1. The molecule has 2 aromatic heterocycles. The number of aromatic nitrogens is 3. The number of piperidine rings is 1. The molecule has 1 aliphatic heterocycles. The van der Waals surface area contributed by atoms with Gasteiger partial charge in [-0.05, 0) is 44.4 Å². The maximum absolute atomic E-state index is 12.7. The van der Waals surface area contributed by atoms with Crippen LogP contribution in [0.3, 0.4) is 0 Å². The summed E-state index contributed by atoms with van der Waals surface area (Å²) in [6.07, 6.45) is 8.84. The number of anilines is 1. The van der Waals surface area contributed by atoms with Crippen LogP contribution in [0.25, 0.3) is 10.2 Å². The molecule has 3 aromatic rings. The second-order valence-electron chi connectivity index (χ2n) is 8.24. The number of hydrogen-bond donors (Lipinski definition) is 1. The molecule has 1 saturated carbocycles. The van der Waals surface area contributed by atoms with Crippen LogP contribution < -0.4 is 5.32 Å². The fraction of sp³-hybridized carbons (Fsp3) is 0.500. The maximum Gasteiger partial charge on any atom is 0.239 e. The second kappa shape index (κ2) is 8.24. The summed E-state index contributed by atoms with van der Waals surface area (Å²) in [5.74, 6) is 1.30. The summed E-state index contributed by atoms with van der Waals surface area (Å²) in [4.78, 5) is 19.8. The van der Waals surface area contributed by atoms with E-state index in [0.29, 0.717) is 18.5 Å². The zero-order valence-electron chi connectivity index (χ0n) is 16.6. The van der Waals surface area contributed by atoms with Gasteiger partial charge in [0, 0.05) is 18.5 Å². The van der Waals surface area contributed by atoms with Crippen molar-refractivity contribution in [2.24, 2.45) is 0 Å². The van der Waals surface area contributed by atoms with Crippen molar-refractivity contribution in [3.05, 3.63) is 41.5 Å². The third-order valence-electron chi connectivity index (χ3n) is 6.14. The molecule has 6 nitrogen and oxygen atoms in total. The molecule has 0 spiro atoms. The van der Waals surface area contributed by atoms with Gasteiger partial charge in [-0.2, -0.15) is 5.10 Å². The van der Waals surface area contributed by atoms with Gasteiger partial charge < -0.3 is 5.32 Å². The van der Waals surface area contributed by atoms with Crippen molar-refractivity contribution in [1.29, 1.82) is 0 Å². The van der Waals surface area contributed by atoms with Crippen LogP contribution in [0.2, 0.25) is 0 Å². The van der Waals surface area contributed by atoms with Crippen molar-refractivity contribution in [3.63, 3.8) is 0 Å². The molecule has 5 rings (SSSR count). The molecule has 1 saturated heterocycles. The van der Waals surface area contributed by atoms with Crippen LogP contribution in [0.15, 0.2) is 36.5 Å². The second-order valence-corrected chi connectivity index (χ2v) is 9.30. The highest BCUT2D eigenvalue weighted by atomic mass is 32.1. The first-order valence-electron chi connectivity index (χ1n) is 10.7. The van der Waals surface area contributed by atoms with E-state index in [1.54, 1.807) is 17.5 Å². The summed E-state index contributed by atoms with van der Waals surface area (Å²) in [5.41, 5.74) is 1.09. The van der Waals surface area contributed by atoms with Gasteiger partial charge in [0.15, 0.2) is 0 Å². The molecular weight excluding hydrogens is 382 g/mol. The van der Waals surface area contributed by atoms with Gasteiger partial charge in [0.1, 0.15) is 5.82 Å². The first-order valence-corrected chi connectivity index (χ1v) is 11.5. The van der Waals surface area contributed by atoms with Crippen LogP contribution >= 0.6 is 11.3 Å². The Balaban J connectivity index is 1.21. The van der Waals surface area contributed by atoms with E-state index in [0.717, 1.165) is 50.1 Å². The summed E-state index contributed by atoms with van der Waals surface area (Å²) in [5, 5.41) is 8.75. The molecule has 2 aliphatic rings. The van der Waals surface area contributed by atoms with Crippen molar-refractivity contribution in [3.8, 4) is 0 Å². The quantitative estimate of drug-likeness (QED) is 0.677. The van der Waals surface area contributed by atoms with Gasteiger partial charge in [0.25, 0.3) is 0 Å². The van der Waals surface area contributed by atoms with Crippen molar-refractivity contribution < 1.29 is 4.79 Å². The van der Waals surface area contributed by atoms with Crippen molar-refractivity contribution in [2.75, 3.05) is 25.0 Å². The standard InChI is InChI=1S/C22H27N5OS/c28-21(25-20-11-12-23-27(20)17-7-1-2-8-17)15-26-13-5-6-16(14-26)22-24-18-9-3-4-10-19(18)29-22/h3-4,9-12,16-17H,1-2,5-8,13-15H2,(H,25,28)/t16-/m1/s1. The number of fused-ring (bicyclic) bond motifs is 1. The minimum absolute atomic E-state index is 0.0506. The Morgan fingerprint density at radius 2 is 2.00 bits per heavy atom. The highest BCUT2D eigenvalue weighted by Gasteiger charge is 2.26. The van der Waals surface area contributed by atoms with E-state index < -0.39 is 0 Å². The summed E-state index contributed by atoms with van der Waals surface area (Å²) in [6.45, 7) is 2.29. The zero-order chi connectivity index (χ0) is 19.6. The lowest BCUT2D eigenvalue weighted by Crippen LogP contribution is -2.40. The number of benzene rings is 1. The van der Waals surface area contributed by atoms with E-state index in [1.165, 1.54) is 22.5 Å². The van der Waals surface area contributed by atoms with Crippen LogP contribution in [0, 0.1) is 0 Å². The number of para-hydroxylation sites is 1. The Morgan fingerprint density at radius 3 is 2.86 bits per heavy atom. The molecule has 29 heavy (non-hydrogen) atoms. The Bertz CT molecular complexity index is 957. The van der Waals surface area contributed by atoms with Gasteiger partial charge >= 0.3 is 0 Å². The monoisotopic (exact) mass is 409 g/mol. The van der Waals surface area contributed by atoms with E-state index in [9.17, 15) is 4.79 Å². The Hall–Kier alpha value is -2.25. The Kier molecular flexibility index (Phi) is 5.33. The molecule has 0 unspecified atom stereocenters. The molecular formula is C22H27N5OS. The normalized spacial score (nSPS) is 21.0. The number of rotatable bonds is 5. The van der Waals surface area contributed by atoms with Crippen LogP contribution in [-0.2, 0) is 4.79 Å². The molecule has 3 heterocycles. The van der Waals surface area contributed by atoms with Crippen molar-refractivity contribution in [1.82, 2.24) is 19.7 Å². The zero-order valence-corrected chi connectivity index (χ0v) is 17.4. The number of hydrogen-bond acceptors (Lipinski definition) is 5. The topological polar surface area (TPSA) is 63.1 Å². The van der Waals surface area contributed by atoms with Gasteiger partial charge in [-0.3, -0.25) is 9.69 Å². The van der Waals surface area contributed by atoms with E-state index in [2.05, 4.69) is 33.5 Å². The van der Waals surface area contributed by atoms with Gasteiger partial charge in [-0.1, -0.05) is 25.0 Å².